The lowest BCUT2D eigenvalue weighted by atomic mass is 10.1. The summed E-state index contributed by atoms with van der Waals surface area (Å²) < 4.78 is 1.70. The topological polar surface area (TPSA) is 50.2 Å². The van der Waals surface area contributed by atoms with Crippen molar-refractivity contribution in [2.24, 2.45) is 0 Å². The zero-order valence-electron chi connectivity index (χ0n) is 18.3. The maximum Gasteiger partial charge on any atom is 0.256 e. The van der Waals surface area contributed by atoms with E-state index in [-0.39, 0.29) is 11.9 Å². The normalized spacial score (nSPS) is 17.6. The molecule has 0 spiro atoms. The number of carbonyl (C=O) groups excluding carboxylic acids is 1. The van der Waals surface area contributed by atoms with E-state index in [0.29, 0.717) is 29.0 Å². The zero-order chi connectivity index (χ0) is 22.0. The molecule has 0 radical (unpaired) electrons. The number of likely N-dealkylation sites (tertiary alicyclic amines) is 1. The molecule has 5 nitrogen and oxygen atoms in total. The van der Waals surface area contributed by atoms with Gasteiger partial charge < -0.3 is 5.32 Å². The first-order valence-electron chi connectivity index (χ1n) is 10.8. The quantitative estimate of drug-likeness (QED) is 0.605. The fourth-order valence-corrected chi connectivity index (χ4v) is 4.56. The van der Waals surface area contributed by atoms with E-state index in [4.69, 9.17) is 11.6 Å². The molecular weight excluding hydrogens is 408 g/mol. The first-order chi connectivity index (χ1) is 14.9. The number of aromatic nitrogens is 2. The number of rotatable bonds is 6. The van der Waals surface area contributed by atoms with Crippen molar-refractivity contribution in [1.82, 2.24) is 20.0 Å². The molecule has 0 aliphatic carbocycles. The third-order valence-electron chi connectivity index (χ3n) is 6.13. The minimum Gasteiger partial charge on any atom is -0.348 e. The number of carbonyl (C=O) groups is 1. The number of hydrogen-bond donors (Lipinski definition) is 1. The Morgan fingerprint density at radius 3 is 2.58 bits per heavy atom. The fraction of sp³-hybridized carbons (Fsp3) is 0.360. The summed E-state index contributed by atoms with van der Waals surface area (Å²) in [5.41, 5.74) is 4.73. The van der Waals surface area contributed by atoms with E-state index < -0.39 is 0 Å². The molecule has 31 heavy (non-hydrogen) atoms. The van der Waals surface area contributed by atoms with Crippen molar-refractivity contribution in [1.29, 1.82) is 0 Å². The predicted molar refractivity (Wildman–Crippen MR) is 125 cm³/mol. The van der Waals surface area contributed by atoms with E-state index in [0.717, 1.165) is 25.1 Å². The van der Waals surface area contributed by atoms with Crippen LogP contribution in [0.15, 0.2) is 54.6 Å². The zero-order valence-corrected chi connectivity index (χ0v) is 19.1. The summed E-state index contributed by atoms with van der Waals surface area (Å²) in [6.07, 6.45) is 0.928. The highest BCUT2D eigenvalue weighted by Crippen LogP contribution is 2.26. The Morgan fingerprint density at radius 2 is 1.87 bits per heavy atom. The summed E-state index contributed by atoms with van der Waals surface area (Å²) in [6, 6.07) is 19.2. The van der Waals surface area contributed by atoms with Gasteiger partial charge in [0.05, 0.1) is 17.8 Å². The Balaban J connectivity index is 1.41. The van der Waals surface area contributed by atoms with Crippen molar-refractivity contribution < 1.29 is 4.79 Å². The summed E-state index contributed by atoms with van der Waals surface area (Å²) in [6.45, 7) is 8.44. The molecule has 2 atom stereocenters. The minimum absolute atomic E-state index is 0.106. The first kappa shape index (κ1) is 21.6. The van der Waals surface area contributed by atoms with Crippen LogP contribution in [-0.2, 0) is 6.54 Å². The van der Waals surface area contributed by atoms with E-state index in [1.54, 1.807) is 4.68 Å². The SMILES string of the molecule is Cc1ccc(Cn2nc(C)c(C(=O)NC3CCN(C(C)c4ccccc4)C3)c2Cl)cc1. The van der Waals surface area contributed by atoms with Crippen LogP contribution in [0.1, 0.15) is 52.1 Å². The summed E-state index contributed by atoms with van der Waals surface area (Å²) in [5.74, 6) is -0.142. The van der Waals surface area contributed by atoms with Gasteiger partial charge in [-0.2, -0.15) is 5.10 Å². The van der Waals surface area contributed by atoms with Crippen LogP contribution in [0, 0.1) is 13.8 Å². The maximum atomic E-state index is 13.0. The molecule has 0 bridgehead atoms. The van der Waals surface area contributed by atoms with Crippen LogP contribution in [0.4, 0.5) is 0 Å². The molecule has 2 aromatic carbocycles. The molecule has 3 aromatic rings. The second-order valence-corrected chi connectivity index (χ2v) is 8.79. The Morgan fingerprint density at radius 1 is 1.16 bits per heavy atom. The van der Waals surface area contributed by atoms with Gasteiger partial charge >= 0.3 is 0 Å². The molecular formula is C25H29ClN4O. The predicted octanol–water partition coefficient (Wildman–Crippen LogP) is 4.77. The molecule has 1 fully saturated rings. The summed E-state index contributed by atoms with van der Waals surface area (Å²) >= 11 is 6.58. The van der Waals surface area contributed by atoms with Crippen molar-refractivity contribution >= 4 is 17.5 Å². The molecule has 1 saturated heterocycles. The Kier molecular flexibility index (Phi) is 6.44. The first-order valence-corrected chi connectivity index (χ1v) is 11.2. The second-order valence-electron chi connectivity index (χ2n) is 8.44. The standard InChI is InChI=1S/C25H29ClN4O/c1-17-9-11-20(12-10-17)15-30-24(26)23(18(2)28-30)25(31)27-22-13-14-29(16-22)19(3)21-7-5-4-6-8-21/h4-12,19,22H,13-16H2,1-3H3,(H,27,31). The molecule has 2 heterocycles. The van der Waals surface area contributed by atoms with Crippen LogP contribution in [0.2, 0.25) is 5.15 Å². The van der Waals surface area contributed by atoms with Crippen LogP contribution >= 0.6 is 11.6 Å². The Bertz CT molecular complexity index is 1050. The number of amides is 1. The Hall–Kier alpha value is -2.63. The van der Waals surface area contributed by atoms with E-state index in [9.17, 15) is 4.79 Å². The van der Waals surface area contributed by atoms with Gasteiger partial charge in [-0.05, 0) is 38.3 Å². The van der Waals surface area contributed by atoms with Crippen LogP contribution in [0.5, 0.6) is 0 Å². The highest BCUT2D eigenvalue weighted by molar-refractivity contribution is 6.33. The number of hydrogen-bond acceptors (Lipinski definition) is 3. The van der Waals surface area contributed by atoms with E-state index >= 15 is 0 Å². The molecule has 1 aliphatic rings. The summed E-state index contributed by atoms with van der Waals surface area (Å²) in [4.78, 5) is 15.4. The fourth-order valence-electron chi connectivity index (χ4n) is 4.24. The second kappa shape index (κ2) is 9.25. The molecule has 0 saturated carbocycles. The third-order valence-corrected chi connectivity index (χ3v) is 6.51. The maximum absolute atomic E-state index is 13.0. The van der Waals surface area contributed by atoms with Crippen molar-refractivity contribution in [3.63, 3.8) is 0 Å². The number of nitrogens with zero attached hydrogens (tertiary/aromatic N) is 3. The van der Waals surface area contributed by atoms with Crippen molar-refractivity contribution in [2.75, 3.05) is 13.1 Å². The average Bonchev–Trinajstić information content (AvgIpc) is 3.33. The van der Waals surface area contributed by atoms with Gasteiger partial charge in [-0.1, -0.05) is 71.8 Å². The van der Waals surface area contributed by atoms with Crippen LogP contribution < -0.4 is 5.32 Å². The largest absolute Gasteiger partial charge is 0.348 e. The lowest BCUT2D eigenvalue weighted by Crippen LogP contribution is -2.37. The van der Waals surface area contributed by atoms with Crippen LogP contribution in [0.25, 0.3) is 0 Å². The van der Waals surface area contributed by atoms with Crippen molar-refractivity contribution in [3.05, 3.63) is 87.7 Å². The van der Waals surface area contributed by atoms with Crippen molar-refractivity contribution in [3.8, 4) is 0 Å². The molecule has 1 N–H and O–H groups in total. The molecule has 4 rings (SSSR count). The molecule has 162 valence electrons. The van der Waals surface area contributed by atoms with Gasteiger partial charge in [-0.25, -0.2) is 4.68 Å². The molecule has 6 heteroatoms. The molecule has 1 amide bonds. The lowest BCUT2D eigenvalue weighted by molar-refractivity contribution is 0.0936. The number of benzene rings is 2. The summed E-state index contributed by atoms with van der Waals surface area (Å²) in [5, 5.41) is 8.09. The van der Waals surface area contributed by atoms with Gasteiger partial charge in [0.1, 0.15) is 5.15 Å². The number of aryl methyl sites for hydroxylation is 2. The van der Waals surface area contributed by atoms with Gasteiger partial charge in [0.15, 0.2) is 0 Å². The third kappa shape index (κ3) is 4.83. The van der Waals surface area contributed by atoms with Crippen LogP contribution in [-0.4, -0.2) is 39.7 Å². The van der Waals surface area contributed by atoms with Gasteiger partial charge in [0, 0.05) is 25.2 Å². The van der Waals surface area contributed by atoms with Gasteiger partial charge in [0.2, 0.25) is 0 Å². The van der Waals surface area contributed by atoms with E-state index in [1.807, 2.05) is 13.0 Å². The molecule has 2 unspecified atom stereocenters. The van der Waals surface area contributed by atoms with E-state index in [1.165, 1.54) is 11.1 Å². The average molecular weight is 437 g/mol. The lowest BCUT2D eigenvalue weighted by Gasteiger charge is -2.24. The van der Waals surface area contributed by atoms with Crippen LogP contribution in [0.3, 0.4) is 0 Å². The van der Waals surface area contributed by atoms with Gasteiger partial charge in [-0.15, -0.1) is 0 Å². The van der Waals surface area contributed by atoms with Gasteiger partial charge in [0.25, 0.3) is 5.91 Å². The molecule has 1 aliphatic heterocycles. The van der Waals surface area contributed by atoms with Crippen molar-refractivity contribution in [2.45, 2.75) is 45.8 Å². The smallest absolute Gasteiger partial charge is 0.256 e. The van der Waals surface area contributed by atoms with E-state index in [2.05, 4.69) is 77.7 Å². The number of halogens is 1. The molecule has 1 aromatic heterocycles. The summed E-state index contributed by atoms with van der Waals surface area (Å²) in [7, 11) is 0. The monoisotopic (exact) mass is 436 g/mol. The minimum atomic E-state index is -0.142. The van der Waals surface area contributed by atoms with Gasteiger partial charge in [-0.3, -0.25) is 9.69 Å². The number of nitrogens with one attached hydrogen (secondary N) is 1. The Labute approximate surface area is 189 Å². The highest BCUT2D eigenvalue weighted by Gasteiger charge is 2.29. The highest BCUT2D eigenvalue weighted by atomic mass is 35.5.